The van der Waals surface area contributed by atoms with Crippen LogP contribution >= 0.6 is 23.7 Å². The van der Waals surface area contributed by atoms with Crippen molar-refractivity contribution in [1.82, 2.24) is 15.4 Å². The minimum absolute atomic E-state index is 0. The van der Waals surface area contributed by atoms with Crippen molar-refractivity contribution >= 4 is 39.7 Å². The van der Waals surface area contributed by atoms with Crippen molar-refractivity contribution < 1.29 is 13.2 Å². The molecule has 1 aromatic heterocycles. The molecule has 0 saturated heterocycles. The molecule has 0 aliphatic carbocycles. The van der Waals surface area contributed by atoms with Crippen LogP contribution in [0.1, 0.15) is 18.7 Å². The summed E-state index contributed by atoms with van der Waals surface area (Å²) in [4.78, 5) is 11.6. The number of thiophene rings is 1. The fourth-order valence-corrected chi connectivity index (χ4v) is 3.69. The first kappa shape index (κ1) is 19.3. The van der Waals surface area contributed by atoms with Gasteiger partial charge in [-0.25, -0.2) is 13.1 Å². The second-order valence-corrected chi connectivity index (χ2v) is 7.33. The number of rotatable bonds is 7. The lowest BCUT2D eigenvalue weighted by Gasteiger charge is -2.10. The molecule has 9 heteroatoms. The third kappa shape index (κ3) is 6.19. The van der Waals surface area contributed by atoms with Gasteiger partial charge in [-0.15, -0.1) is 23.7 Å². The average molecular weight is 342 g/mol. The molecule has 6 nitrogen and oxygen atoms in total. The maximum absolute atomic E-state index is 12.0. The van der Waals surface area contributed by atoms with Gasteiger partial charge in [0.05, 0.1) is 6.54 Å². The Morgan fingerprint density at radius 2 is 2.05 bits per heavy atom. The molecule has 0 fully saturated rings. The van der Waals surface area contributed by atoms with Crippen molar-refractivity contribution in [2.45, 2.75) is 30.6 Å². The van der Waals surface area contributed by atoms with E-state index in [0.29, 0.717) is 13.1 Å². The predicted octanol–water partition coefficient (Wildman–Crippen LogP) is 0.692. The van der Waals surface area contributed by atoms with Gasteiger partial charge in [0.15, 0.2) is 0 Å². The Kier molecular flexibility index (Phi) is 8.29. The smallest absolute Gasteiger partial charge is 0.250 e. The summed E-state index contributed by atoms with van der Waals surface area (Å²) in [5, 5.41) is 5.59. The zero-order chi connectivity index (χ0) is 14.5. The molecule has 0 bridgehead atoms. The molecule has 1 atom stereocenters. The number of carbonyl (C=O) groups is 1. The second-order valence-electron chi connectivity index (χ2n) is 4.17. The first-order valence-corrected chi connectivity index (χ1v) is 8.15. The Bertz CT molecular complexity index is 531. The predicted molar refractivity (Wildman–Crippen MR) is 82.8 cm³/mol. The molecular formula is C11H20ClN3O3S2. The Morgan fingerprint density at radius 1 is 1.40 bits per heavy atom. The first-order chi connectivity index (χ1) is 8.85. The number of nitrogens with one attached hydrogen (secondary N) is 3. The van der Waals surface area contributed by atoms with Crippen molar-refractivity contribution in [2.24, 2.45) is 0 Å². The van der Waals surface area contributed by atoms with Crippen LogP contribution in [-0.4, -0.2) is 34.0 Å². The van der Waals surface area contributed by atoms with Gasteiger partial charge in [-0.1, -0.05) is 0 Å². The van der Waals surface area contributed by atoms with E-state index < -0.39 is 10.0 Å². The molecule has 0 aliphatic rings. The number of sulfonamides is 1. The van der Waals surface area contributed by atoms with E-state index in [9.17, 15) is 13.2 Å². The van der Waals surface area contributed by atoms with Crippen LogP contribution in [0.4, 0.5) is 0 Å². The van der Waals surface area contributed by atoms with Crippen LogP contribution in [-0.2, 0) is 21.4 Å². The Labute approximate surface area is 129 Å². The van der Waals surface area contributed by atoms with Crippen LogP contribution in [0.2, 0.25) is 0 Å². The van der Waals surface area contributed by atoms with E-state index in [1.54, 1.807) is 19.2 Å². The highest BCUT2D eigenvalue weighted by Gasteiger charge is 2.17. The van der Waals surface area contributed by atoms with Gasteiger partial charge in [-0.2, -0.15) is 0 Å². The summed E-state index contributed by atoms with van der Waals surface area (Å²) in [5.74, 6) is -0.140. The maximum Gasteiger partial charge on any atom is 0.250 e. The fraction of sp³-hybridized carbons (Fsp3) is 0.545. The SMILES string of the molecule is CNC(C)CNS(=O)(=O)c1ccc(CNC(C)=O)s1.Cl. The van der Waals surface area contributed by atoms with E-state index in [-0.39, 0.29) is 28.6 Å². The highest BCUT2D eigenvalue weighted by atomic mass is 35.5. The molecule has 1 amide bonds. The largest absolute Gasteiger partial charge is 0.351 e. The number of carbonyl (C=O) groups excluding carboxylic acids is 1. The average Bonchev–Trinajstić information content (AvgIpc) is 2.83. The summed E-state index contributed by atoms with van der Waals surface area (Å²) in [6.45, 7) is 3.99. The summed E-state index contributed by atoms with van der Waals surface area (Å²) < 4.78 is 26.8. The lowest BCUT2D eigenvalue weighted by Crippen LogP contribution is -2.36. The first-order valence-electron chi connectivity index (χ1n) is 5.85. The van der Waals surface area contributed by atoms with Gasteiger partial charge in [-0.3, -0.25) is 4.79 Å². The minimum Gasteiger partial charge on any atom is -0.351 e. The zero-order valence-electron chi connectivity index (χ0n) is 11.6. The molecule has 0 radical (unpaired) electrons. The molecule has 1 heterocycles. The monoisotopic (exact) mass is 341 g/mol. The van der Waals surface area contributed by atoms with Crippen LogP contribution in [0.25, 0.3) is 0 Å². The van der Waals surface area contributed by atoms with Gasteiger partial charge < -0.3 is 10.6 Å². The topological polar surface area (TPSA) is 87.3 Å². The molecule has 0 aliphatic heterocycles. The van der Waals surface area contributed by atoms with E-state index in [1.807, 2.05) is 6.92 Å². The maximum atomic E-state index is 12.0. The Balaban J connectivity index is 0.00000361. The van der Waals surface area contributed by atoms with E-state index in [2.05, 4.69) is 15.4 Å². The quantitative estimate of drug-likeness (QED) is 0.681. The summed E-state index contributed by atoms with van der Waals surface area (Å²) in [6, 6.07) is 3.32. The zero-order valence-corrected chi connectivity index (χ0v) is 14.0. The lowest BCUT2D eigenvalue weighted by molar-refractivity contribution is -0.119. The standard InChI is InChI=1S/C11H19N3O3S2.ClH/c1-8(12-3)6-14-19(16,17)11-5-4-10(18-11)7-13-9(2)15;/h4-5,8,12,14H,6-7H2,1-3H3,(H,13,15);1H. The molecule has 3 N–H and O–H groups in total. The van der Waals surface area contributed by atoms with Crippen LogP contribution < -0.4 is 15.4 Å². The number of amides is 1. The van der Waals surface area contributed by atoms with Crippen LogP contribution in [0, 0.1) is 0 Å². The van der Waals surface area contributed by atoms with E-state index >= 15 is 0 Å². The third-order valence-corrected chi connectivity index (χ3v) is 5.49. The number of halogens is 1. The third-order valence-electron chi connectivity index (χ3n) is 2.49. The summed E-state index contributed by atoms with van der Waals surface area (Å²) in [6.07, 6.45) is 0. The van der Waals surface area contributed by atoms with Crippen LogP contribution in [0.5, 0.6) is 0 Å². The van der Waals surface area contributed by atoms with Crippen molar-refractivity contribution in [2.75, 3.05) is 13.6 Å². The number of likely N-dealkylation sites (N-methyl/N-ethyl adjacent to an activating group) is 1. The highest BCUT2D eigenvalue weighted by molar-refractivity contribution is 7.91. The second kappa shape index (κ2) is 8.58. The molecule has 1 aromatic rings. The molecule has 116 valence electrons. The molecule has 1 rings (SSSR count). The van der Waals surface area contributed by atoms with E-state index in [0.717, 1.165) is 16.2 Å². The van der Waals surface area contributed by atoms with Crippen molar-refractivity contribution in [3.63, 3.8) is 0 Å². The van der Waals surface area contributed by atoms with Crippen LogP contribution in [0.3, 0.4) is 0 Å². The molecule has 0 saturated carbocycles. The Morgan fingerprint density at radius 3 is 2.60 bits per heavy atom. The molecule has 1 unspecified atom stereocenters. The van der Waals surface area contributed by atoms with Crippen molar-refractivity contribution in [1.29, 1.82) is 0 Å². The summed E-state index contributed by atoms with van der Waals surface area (Å²) >= 11 is 1.16. The Hall–Kier alpha value is -0.670. The van der Waals surface area contributed by atoms with Gasteiger partial charge >= 0.3 is 0 Å². The van der Waals surface area contributed by atoms with E-state index in [4.69, 9.17) is 0 Å². The molecule has 0 spiro atoms. The minimum atomic E-state index is -3.47. The number of hydrogen-bond acceptors (Lipinski definition) is 5. The highest BCUT2D eigenvalue weighted by Crippen LogP contribution is 2.21. The van der Waals surface area contributed by atoms with Crippen LogP contribution in [0.15, 0.2) is 16.3 Å². The molecule has 0 aromatic carbocycles. The van der Waals surface area contributed by atoms with Gasteiger partial charge in [0.1, 0.15) is 4.21 Å². The summed E-state index contributed by atoms with van der Waals surface area (Å²) in [5.41, 5.74) is 0. The molecular weight excluding hydrogens is 322 g/mol. The fourth-order valence-electron chi connectivity index (χ4n) is 1.22. The van der Waals surface area contributed by atoms with Gasteiger partial charge in [0.2, 0.25) is 15.9 Å². The normalized spacial score (nSPS) is 12.6. The van der Waals surface area contributed by atoms with Crippen molar-refractivity contribution in [3.8, 4) is 0 Å². The van der Waals surface area contributed by atoms with E-state index in [1.165, 1.54) is 6.92 Å². The lowest BCUT2D eigenvalue weighted by atomic mass is 10.4. The van der Waals surface area contributed by atoms with Gasteiger partial charge in [0, 0.05) is 24.4 Å². The van der Waals surface area contributed by atoms with Gasteiger partial charge in [-0.05, 0) is 26.1 Å². The number of hydrogen-bond donors (Lipinski definition) is 3. The van der Waals surface area contributed by atoms with Crippen molar-refractivity contribution in [3.05, 3.63) is 17.0 Å². The summed E-state index contributed by atoms with van der Waals surface area (Å²) in [7, 11) is -1.69. The molecule has 20 heavy (non-hydrogen) atoms. The van der Waals surface area contributed by atoms with Gasteiger partial charge in [0.25, 0.3) is 0 Å².